The van der Waals surface area contributed by atoms with Gasteiger partial charge in [-0.05, 0) is 43.5 Å². The molecule has 25 heavy (non-hydrogen) atoms. The molecule has 0 radical (unpaired) electrons. The van der Waals surface area contributed by atoms with E-state index in [4.69, 9.17) is 4.74 Å². The van der Waals surface area contributed by atoms with Crippen molar-refractivity contribution in [2.24, 2.45) is 0 Å². The fourth-order valence-electron chi connectivity index (χ4n) is 3.42. The second kappa shape index (κ2) is 6.72. The first-order valence-electron chi connectivity index (χ1n) is 8.30. The van der Waals surface area contributed by atoms with Crippen molar-refractivity contribution in [3.05, 3.63) is 64.1 Å². The van der Waals surface area contributed by atoms with Crippen molar-refractivity contribution in [1.29, 1.82) is 0 Å². The third-order valence-corrected chi connectivity index (χ3v) is 4.87. The number of likely N-dealkylation sites (tertiary alicyclic amines) is 1. The lowest BCUT2D eigenvalue weighted by atomic mass is 9.86. The molecule has 6 heteroatoms. The first kappa shape index (κ1) is 17.2. The van der Waals surface area contributed by atoms with E-state index in [1.807, 2.05) is 12.1 Å². The molecule has 1 aliphatic rings. The molecule has 1 fully saturated rings. The van der Waals surface area contributed by atoms with Gasteiger partial charge in [0.25, 0.3) is 5.91 Å². The molecule has 132 valence electrons. The Balaban J connectivity index is 1.87. The minimum absolute atomic E-state index is 0.187. The highest BCUT2D eigenvalue weighted by Crippen LogP contribution is 2.36. The van der Waals surface area contributed by atoms with Gasteiger partial charge in [0.2, 0.25) is 5.56 Å². The maximum atomic E-state index is 12.8. The molecule has 0 bridgehead atoms. The molecule has 2 heterocycles. The predicted molar refractivity (Wildman–Crippen MR) is 93.7 cm³/mol. The number of carbonyl (C=O) groups excluding carboxylic acids is 1. The SMILES string of the molecule is COc1ccc(C(C)(O)C2CCCN2C(=O)c2ccc(=O)[nH]c2)cc1. The molecule has 0 saturated carbocycles. The van der Waals surface area contributed by atoms with E-state index in [0.717, 1.165) is 12.0 Å². The van der Waals surface area contributed by atoms with E-state index >= 15 is 0 Å². The molecule has 0 aliphatic carbocycles. The van der Waals surface area contributed by atoms with Gasteiger partial charge >= 0.3 is 0 Å². The van der Waals surface area contributed by atoms with Crippen LogP contribution in [0.4, 0.5) is 0 Å². The number of methoxy groups -OCH3 is 1. The van der Waals surface area contributed by atoms with E-state index in [1.54, 1.807) is 31.1 Å². The number of ether oxygens (including phenoxy) is 1. The van der Waals surface area contributed by atoms with Crippen LogP contribution in [0.15, 0.2) is 47.4 Å². The number of carbonyl (C=O) groups is 1. The number of aliphatic hydroxyl groups is 1. The van der Waals surface area contributed by atoms with Gasteiger partial charge < -0.3 is 19.7 Å². The van der Waals surface area contributed by atoms with Crippen LogP contribution in [0.25, 0.3) is 0 Å². The molecule has 3 rings (SSSR count). The topological polar surface area (TPSA) is 82.6 Å². The largest absolute Gasteiger partial charge is 0.497 e. The molecule has 2 unspecified atom stereocenters. The highest BCUT2D eigenvalue weighted by molar-refractivity contribution is 5.94. The zero-order chi connectivity index (χ0) is 18.0. The fourth-order valence-corrected chi connectivity index (χ4v) is 3.42. The Morgan fingerprint density at radius 2 is 2.00 bits per heavy atom. The van der Waals surface area contributed by atoms with E-state index in [2.05, 4.69) is 4.98 Å². The summed E-state index contributed by atoms with van der Waals surface area (Å²) in [7, 11) is 1.59. The zero-order valence-electron chi connectivity index (χ0n) is 14.4. The molecule has 1 aliphatic heterocycles. The lowest BCUT2D eigenvalue weighted by Crippen LogP contribution is -2.48. The van der Waals surface area contributed by atoms with Crippen molar-refractivity contribution in [2.45, 2.75) is 31.4 Å². The molecule has 2 N–H and O–H groups in total. The van der Waals surface area contributed by atoms with E-state index in [1.165, 1.54) is 18.3 Å². The van der Waals surface area contributed by atoms with Crippen LogP contribution in [0.2, 0.25) is 0 Å². The number of pyridine rings is 1. The molecule has 2 aromatic rings. The number of hydrogen-bond acceptors (Lipinski definition) is 4. The van der Waals surface area contributed by atoms with Gasteiger partial charge in [-0.1, -0.05) is 12.1 Å². The summed E-state index contributed by atoms with van der Waals surface area (Å²) in [6, 6.07) is 9.75. The minimum Gasteiger partial charge on any atom is -0.497 e. The van der Waals surface area contributed by atoms with Gasteiger partial charge in [0.05, 0.1) is 18.7 Å². The summed E-state index contributed by atoms with van der Waals surface area (Å²) < 4.78 is 5.16. The zero-order valence-corrected chi connectivity index (χ0v) is 14.4. The molecule has 1 saturated heterocycles. The molecule has 6 nitrogen and oxygen atoms in total. The second-order valence-electron chi connectivity index (χ2n) is 6.47. The van der Waals surface area contributed by atoms with Crippen molar-refractivity contribution in [3.8, 4) is 5.75 Å². The fraction of sp³-hybridized carbons (Fsp3) is 0.368. The summed E-state index contributed by atoms with van der Waals surface area (Å²) in [6.07, 6.45) is 2.96. The van der Waals surface area contributed by atoms with Gasteiger partial charge in [-0.15, -0.1) is 0 Å². The quantitative estimate of drug-likeness (QED) is 0.889. The number of benzene rings is 1. The standard InChI is InChI=1S/C19H22N2O4/c1-19(24,14-6-8-15(25-2)9-7-14)16-4-3-11-21(16)18(23)13-5-10-17(22)20-12-13/h5-10,12,16,24H,3-4,11H2,1-2H3,(H,20,22). The number of nitrogens with zero attached hydrogens (tertiary/aromatic N) is 1. The van der Waals surface area contributed by atoms with E-state index in [-0.39, 0.29) is 17.5 Å². The van der Waals surface area contributed by atoms with Gasteiger partial charge in [-0.2, -0.15) is 0 Å². The average molecular weight is 342 g/mol. The van der Waals surface area contributed by atoms with Gasteiger partial charge in [0, 0.05) is 18.8 Å². The van der Waals surface area contributed by atoms with Gasteiger partial charge in [0.15, 0.2) is 0 Å². The lowest BCUT2D eigenvalue weighted by molar-refractivity contribution is -0.0177. The van der Waals surface area contributed by atoms with Crippen LogP contribution in [0.3, 0.4) is 0 Å². The Morgan fingerprint density at radius 3 is 2.60 bits per heavy atom. The first-order chi connectivity index (χ1) is 11.9. The summed E-state index contributed by atoms with van der Waals surface area (Å²) in [5.74, 6) is 0.527. The van der Waals surface area contributed by atoms with Crippen LogP contribution in [0, 0.1) is 0 Å². The number of amides is 1. The van der Waals surface area contributed by atoms with E-state index in [0.29, 0.717) is 24.3 Å². The molecular formula is C19H22N2O4. The van der Waals surface area contributed by atoms with Crippen molar-refractivity contribution >= 4 is 5.91 Å². The first-order valence-corrected chi connectivity index (χ1v) is 8.30. The summed E-state index contributed by atoms with van der Waals surface area (Å²) in [6.45, 7) is 2.31. The number of nitrogens with one attached hydrogen (secondary N) is 1. The molecule has 2 atom stereocenters. The smallest absolute Gasteiger partial charge is 0.255 e. The monoisotopic (exact) mass is 342 g/mol. The average Bonchev–Trinajstić information content (AvgIpc) is 3.12. The Kier molecular flexibility index (Phi) is 4.63. The molecule has 1 amide bonds. The Bertz CT molecular complexity index is 790. The minimum atomic E-state index is -1.18. The van der Waals surface area contributed by atoms with Gasteiger partial charge in [-0.3, -0.25) is 9.59 Å². The van der Waals surface area contributed by atoms with Crippen molar-refractivity contribution in [1.82, 2.24) is 9.88 Å². The van der Waals surface area contributed by atoms with Crippen LogP contribution < -0.4 is 10.3 Å². The van der Waals surface area contributed by atoms with Crippen molar-refractivity contribution < 1.29 is 14.6 Å². The highest BCUT2D eigenvalue weighted by atomic mass is 16.5. The van der Waals surface area contributed by atoms with Crippen LogP contribution in [0.5, 0.6) is 5.75 Å². The number of aromatic amines is 1. The lowest BCUT2D eigenvalue weighted by Gasteiger charge is -2.37. The third-order valence-electron chi connectivity index (χ3n) is 4.87. The maximum Gasteiger partial charge on any atom is 0.255 e. The number of hydrogen-bond donors (Lipinski definition) is 2. The second-order valence-corrected chi connectivity index (χ2v) is 6.47. The number of aromatic nitrogens is 1. The molecular weight excluding hydrogens is 320 g/mol. The van der Waals surface area contributed by atoms with Crippen LogP contribution in [-0.2, 0) is 5.60 Å². The van der Waals surface area contributed by atoms with Gasteiger partial charge in [-0.25, -0.2) is 0 Å². The molecule has 0 spiro atoms. The number of rotatable bonds is 4. The van der Waals surface area contributed by atoms with Crippen LogP contribution in [0.1, 0.15) is 35.7 Å². The van der Waals surface area contributed by atoms with Crippen LogP contribution in [-0.4, -0.2) is 40.6 Å². The third kappa shape index (κ3) is 3.30. The normalized spacial score (nSPS) is 19.5. The van der Waals surface area contributed by atoms with Crippen molar-refractivity contribution in [2.75, 3.05) is 13.7 Å². The van der Waals surface area contributed by atoms with E-state index < -0.39 is 5.60 Å². The summed E-state index contributed by atoms with van der Waals surface area (Å²) in [5, 5.41) is 11.2. The van der Waals surface area contributed by atoms with E-state index in [9.17, 15) is 14.7 Å². The summed E-state index contributed by atoms with van der Waals surface area (Å²) >= 11 is 0. The van der Waals surface area contributed by atoms with Crippen LogP contribution >= 0.6 is 0 Å². The van der Waals surface area contributed by atoms with Gasteiger partial charge in [0.1, 0.15) is 11.4 Å². The van der Waals surface area contributed by atoms with Crippen molar-refractivity contribution in [3.63, 3.8) is 0 Å². The Morgan fingerprint density at radius 1 is 1.28 bits per heavy atom. The highest BCUT2D eigenvalue weighted by Gasteiger charge is 2.42. The molecule has 1 aromatic carbocycles. The Hall–Kier alpha value is -2.60. The maximum absolute atomic E-state index is 12.8. The Labute approximate surface area is 146 Å². The summed E-state index contributed by atoms with van der Waals surface area (Å²) in [4.78, 5) is 28.2. The molecule has 1 aromatic heterocycles. The predicted octanol–water partition coefficient (Wildman–Crippen LogP) is 1.90. The number of H-pyrrole nitrogens is 1. The summed E-state index contributed by atoms with van der Waals surface area (Å²) in [5.41, 5.74) is -0.281.